The lowest BCUT2D eigenvalue weighted by Crippen LogP contribution is -2.05. The van der Waals surface area contributed by atoms with E-state index in [1.54, 1.807) is 0 Å². The number of aromatic nitrogens is 1. The first-order valence-electron chi connectivity index (χ1n) is 7.02. The first-order valence-corrected chi connectivity index (χ1v) is 7.02. The number of para-hydroxylation sites is 1. The lowest BCUT2D eigenvalue weighted by molar-refractivity contribution is 0.825. The van der Waals surface area contributed by atoms with E-state index in [4.69, 9.17) is 0 Å². The molecule has 0 atom stereocenters. The monoisotopic (exact) mass is 264 g/mol. The van der Waals surface area contributed by atoms with Crippen molar-refractivity contribution in [2.45, 2.75) is 20.4 Å². The Morgan fingerprint density at radius 2 is 1.70 bits per heavy atom. The average molecular weight is 264 g/mol. The zero-order valence-electron chi connectivity index (χ0n) is 12.2. The number of benzene rings is 2. The second-order valence-electron chi connectivity index (χ2n) is 5.43. The van der Waals surface area contributed by atoms with Gasteiger partial charge in [-0.2, -0.15) is 0 Å². The maximum atomic E-state index is 3.58. The number of hydrogen-bond donors (Lipinski definition) is 2. The predicted molar refractivity (Wildman–Crippen MR) is 86.0 cm³/mol. The fourth-order valence-corrected chi connectivity index (χ4v) is 2.93. The van der Waals surface area contributed by atoms with Crippen LogP contribution in [0.2, 0.25) is 0 Å². The Balaban J connectivity index is 2.26. The lowest BCUT2D eigenvalue weighted by Gasteiger charge is -2.07. The highest BCUT2D eigenvalue weighted by atomic mass is 14.8. The molecule has 0 unspecified atom stereocenters. The third kappa shape index (κ3) is 2.23. The van der Waals surface area contributed by atoms with Crippen LogP contribution in [-0.4, -0.2) is 12.0 Å². The molecule has 0 aliphatic carbocycles. The van der Waals surface area contributed by atoms with Crippen molar-refractivity contribution in [1.29, 1.82) is 0 Å². The summed E-state index contributed by atoms with van der Waals surface area (Å²) in [6, 6.07) is 15.2. The van der Waals surface area contributed by atoms with E-state index in [1.165, 1.54) is 38.9 Å². The van der Waals surface area contributed by atoms with Crippen molar-refractivity contribution in [3.63, 3.8) is 0 Å². The van der Waals surface area contributed by atoms with E-state index in [9.17, 15) is 0 Å². The van der Waals surface area contributed by atoms with Crippen LogP contribution in [0.4, 0.5) is 0 Å². The Hall–Kier alpha value is -2.06. The van der Waals surface area contributed by atoms with Gasteiger partial charge in [-0.1, -0.05) is 35.4 Å². The molecular formula is C18H20N2. The van der Waals surface area contributed by atoms with Gasteiger partial charge in [-0.15, -0.1) is 0 Å². The van der Waals surface area contributed by atoms with Crippen LogP contribution in [0.3, 0.4) is 0 Å². The topological polar surface area (TPSA) is 27.8 Å². The number of nitrogens with one attached hydrogen (secondary N) is 2. The Morgan fingerprint density at radius 3 is 2.40 bits per heavy atom. The summed E-state index contributed by atoms with van der Waals surface area (Å²) in [7, 11) is 1.99. The van der Waals surface area contributed by atoms with Crippen molar-refractivity contribution < 1.29 is 0 Å². The molecule has 0 fully saturated rings. The van der Waals surface area contributed by atoms with Crippen molar-refractivity contribution in [2.75, 3.05) is 7.05 Å². The third-order valence-corrected chi connectivity index (χ3v) is 3.68. The molecule has 20 heavy (non-hydrogen) atoms. The molecule has 1 aromatic heterocycles. The van der Waals surface area contributed by atoms with Crippen molar-refractivity contribution >= 4 is 10.9 Å². The molecule has 3 aromatic rings. The quantitative estimate of drug-likeness (QED) is 0.730. The molecule has 3 rings (SSSR count). The number of hydrogen-bond acceptors (Lipinski definition) is 1. The maximum Gasteiger partial charge on any atom is 0.0510 e. The molecule has 0 saturated carbocycles. The van der Waals surface area contributed by atoms with Crippen molar-refractivity contribution in [3.8, 4) is 11.3 Å². The minimum absolute atomic E-state index is 0.867. The molecular weight excluding hydrogens is 244 g/mol. The summed E-state index contributed by atoms with van der Waals surface area (Å²) in [6.45, 7) is 5.17. The van der Waals surface area contributed by atoms with Crippen LogP contribution in [0, 0.1) is 13.8 Å². The number of aryl methyl sites for hydroxylation is 2. The number of aromatic amines is 1. The smallest absolute Gasteiger partial charge is 0.0510 e. The van der Waals surface area contributed by atoms with Gasteiger partial charge in [-0.25, -0.2) is 0 Å². The summed E-state index contributed by atoms with van der Waals surface area (Å²) in [4.78, 5) is 3.58. The minimum atomic E-state index is 0.867. The van der Waals surface area contributed by atoms with Gasteiger partial charge in [-0.05, 0) is 50.2 Å². The fraction of sp³-hybridized carbons (Fsp3) is 0.222. The number of fused-ring (bicyclic) bond motifs is 1. The summed E-state index contributed by atoms with van der Waals surface area (Å²) in [5, 5.41) is 4.58. The summed E-state index contributed by atoms with van der Waals surface area (Å²) >= 11 is 0. The molecule has 0 saturated heterocycles. The van der Waals surface area contributed by atoms with Gasteiger partial charge >= 0.3 is 0 Å². The Kier molecular flexibility index (Phi) is 3.33. The molecule has 2 heteroatoms. The van der Waals surface area contributed by atoms with Gasteiger partial charge in [0.25, 0.3) is 0 Å². The molecule has 2 N–H and O–H groups in total. The second kappa shape index (κ2) is 5.14. The third-order valence-electron chi connectivity index (χ3n) is 3.68. The van der Waals surface area contributed by atoms with E-state index < -0.39 is 0 Å². The summed E-state index contributed by atoms with van der Waals surface area (Å²) in [6.07, 6.45) is 0. The zero-order chi connectivity index (χ0) is 14.1. The highest BCUT2D eigenvalue weighted by Gasteiger charge is 2.12. The van der Waals surface area contributed by atoms with Crippen LogP contribution in [-0.2, 0) is 6.54 Å². The van der Waals surface area contributed by atoms with Gasteiger partial charge in [0.05, 0.1) is 5.69 Å². The van der Waals surface area contributed by atoms with E-state index in [-0.39, 0.29) is 0 Å². The second-order valence-corrected chi connectivity index (χ2v) is 5.43. The van der Waals surface area contributed by atoms with Crippen molar-refractivity contribution in [3.05, 3.63) is 59.2 Å². The van der Waals surface area contributed by atoms with E-state index >= 15 is 0 Å². The first-order chi connectivity index (χ1) is 9.69. The van der Waals surface area contributed by atoms with Crippen LogP contribution in [0.1, 0.15) is 16.7 Å². The summed E-state index contributed by atoms with van der Waals surface area (Å²) < 4.78 is 0. The molecule has 0 aliphatic heterocycles. The van der Waals surface area contributed by atoms with Gasteiger partial charge in [0.15, 0.2) is 0 Å². The predicted octanol–water partition coefficient (Wildman–Crippen LogP) is 4.17. The van der Waals surface area contributed by atoms with Crippen LogP contribution >= 0.6 is 0 Å². The van der Waals surface area contributed by atoms with Crippen molar-refractivity contribution in [2.24, 2.45) is 0 Å². The van der Waals surface area contributed by atoms with Gasteiger partial charge in [0, 0.05) is 17.4 Å². The van der Waals surface area contributed by atoms with Crippen LogP contribution in [0.15, 0.2) is 42.5 Å². The Bertz CT molecular complexity index is 733. The summed E-state index contributed by atoms with van der Waals surface area (Å²) in [5.41, 5.74) is 7.64. The molecule has 0 radical (unpaired) electrons. The molecule has 1 heterocycles. The zero-order valence-corrected chi connectivity index (χ0v) is 12.2. The Morgan fingerprint density at radius 1 is 1.00 bits per heavy atom. The molecule has 0 aliphatic rings. The standard InChI is InChI=1S/C18H20N2/c1-12-8-13(2)10-14(9-12)18-16(11-19-3)15-6-4-5-7-17(15)20-18/h4-10,19-20H,11H2,1-3H3. The maximum absolute atomic E-state index is 3.58. The van der Waals surface area contributed by atoms with Crippen LogP contribution in [0.25, 0.3) is 22.2 Å². The molecule has 0 spiro atoms. The molecule has 2 nitrogen and oxygen atoms in total. The normalized spacial score (nSPS) is 11.2. The fourth-order valence-electron chi connectivity index (χ4n) is 2.93. The molecule has 102 valence electrons. The van der Waals surface area contributed by atoms with Gasteiger partial charge in [-0.3, -0.25) is 0 Å². The van der Waals surface area contributed by atoms with E-state index in [2.05, 4.69) is 66.6 Å². The number of rotatable bonds is 3. The molecule has 2 aromatic carbocycles. The van der Waals surface area contributed by atoms with Gasteiger partial charge in [0.2, 0.25) is 0 Å². The Labute approximate surface area is 119 Å². The molecule has 0 amide bonds. The van der Waals surface area contributed by atoms with Gasteiger partial charge < -0.3 is 10.3 Å². The van der Waals surface area contributed by atoms with Crippen LogP contribution in [0.5, 0.6) is 0 Å². The van der Waals surface area contributed by atoms with Crippen molar-refractivity contribution in [1.82, 2.24) is 10.3 Å². The average Bonchev–Trinajstić information content (AvgIpc) is 2.77. The van der Waals surface area contributed by atoms with Crippen LogP contribution < -0.4 is 5.32 Å². The minimum Gasteiger partial charge on any atom is -0.354 e. The van der Waals surface area contributed by atoms with E-state index in [0.717, 1.165) is 6.54 Å². The van der Waals surface area contributed by atoms with E-state index in [0.29, 0.717) is 0 Å². The largest absolute Gasteiger partial charge is 0.354 e. The summed E-state index contributed by atoms with van der Waals surface area (Å²) in [5.74, 6) is 0. The SMILES string of the molecule is CNCc1c(-c2cc(C)cc(C)c2)[nH]c2ccccc12. The molecule has 0 bridgehead atoms. The highest BCUT2D eigenvalue weighted by Crippen LogP contribution is 2.31. The lowest BCUT2D eigenvalue weighted by atomic mass is 10.0. The highest BCUT2D eigenvalue weighted by molar-refractivity contribution is 5.90. The first kappa shape index (κ1) is 12.9. The van der Waals surface area contributed by atoms with Gasteiger partial charge in [0.1, 0.15) is 0 Å². The van der Waals surface area contributed by atoms with E-state index in [1.807, 2.05) is 7.05 Å². The number of H-pyrrole nitrogens is 1.